The Hall–Kier alpha value is -0.870. The second kappa shape index (κ2) is 10.8. The molecule has 0 aliphatic carbocycles. The summed E-state index contributed by atoms with van der Waals surface area (Å²) in [5.41, 5.74) is 0.949. The van der Waals surface area contributed by atoms with E-state index in [2.05, 4.69) is 38.2 Å². The third-order valence-electron chi connectivity index (χ3n) is 3.44. The monoisotopic (exact) mass is 296 g/mol. The molecule has 4 heteroatoms. The average Bonchev–Trinajstić information content (AvgIpc) is 2.89. The first kappa shape index (κ1) is 18.2. The number of rotatable bonds is 12. The highest BCUT2D eigenvalue weighted by molar-refractivity contribution is 5.04. The molecule has 1 aromatic rings. The zero-order valence-corrected chi connectivity index (χ0v) is 14.2. The molecule has 0 bridgehead atoms. The Morgan fingerprint density at radius 3 is 2.76 bits per heavy atom. The van der Waals surface area contributed by atoms with Crippen LogP contribution < -0.4 is 5.32 Å². The van der Waals surface area contributed by atoms with E-state index < -0.39 is 0 Å². The molecular weight excluding hydrogens is 264 g/mol. The highest BCUT2D eigenvalue weighted by Crippen LogP contribution is 2.11. The maximum Gasteiger partial charge on any atom is 0.162 e. The summed E-state index contributed by atoms with van der Waals surface area (Å²) in [6.45, 7) is 11.0. The zero-order chi connectivity index (χ0) is 15.5. The summed E-state index contributed by atoms with van der Waals surface area (Å²) in [7, 11) is 0. The Labute approximate surface area is 129 Å². The van der Waals surface area contributed by atoms with Crippen LogP contribution in [-0.2, 0) is 17.9 Å². The van der Waals surface area contributed by atoms with Crippen LogP contribution in [0.3, 0.4) is 0 Å². The second-order valence-corrected chi connectivity index (χ2v) is 6.28. The van der Waals surface area contributed by atoms with Gasteiger partial charge in [-0.05, 0) is 25.8 Å². The SMILES string of the molecule is CCCCCCC(C)OCc1cc(CNCC(C)C)no1. The van der Waals surface area contributed by atoms with Crippen molar-refractivity contribution in [3.63, 3.8) is 0 Å². The van der Waals surface area contributed by atoms with E-state index in [0.717, 1.165) is 31.0 Å². The van der Waals surface area contributed by atoms with Gasteiger partial charge in [-0.25, -0.2) is 0 Å². The number of hydrogen-bond donors (Lipinski definition) is 1. The van der Waals surface area contributed by atoms with Crippen LogP contribution in [0.25, 0.3) is 0 Å². The van der Waals surface area contributed by atoms with Crippen LogP contribution in [-0.4, -0.2) is 17.8 Å². The predicted molar refractivity (Wildman–Crippen MR) is 86.1 cm³/mol. The average molecular weight is 296 g/mol. The normalized spacial score (nSPS) is 13.0. The highest BCUT2D eigenvalue weighted by atomic mass is 16.5. The van der Waals surface area contributed by atoms with Crippen LogP contribution in [0.4, 0.5) is 0 Å². The van der Waals surface area contributed by atoms with E-state index >= 15 is 0 Å². The molecule has 0 saturated carbocycles. The molecule has 122 valence electrons. The predicted octanol–water partition coefficient (Wildman–Crippen LogP) is 4.30. The van der Waals surface area contributed by atoms with Gasteiger partial charge in [-0.1, -0.05) is 51.6 Å². The first-order valence-corrected chi connectivity index (χ1v) is 8.38. The minimum Gasteiger partial charge on any atom is -0.370 e. The molecule has 4 nitrogen and oxygen atoms in total. The number of ether oxygens (including phenoxy) is 1. The maximum absolute atomic E-state index is 5.81. The lowest BCUT2D eigenvalue weighted by Gasteiger charge is -2.11. The van der Waals surface area contributed by atoms with E-state index in [9.17, 15) is 0 Å². The number of aromatic nitrogens is 1. The molecule has 0 amide bonds. The molecule has 1 unspecified atom stereocenters. The van der Waals surface area contributed by atoms with Gasteiger partial charge in [0.15, 0.2) is 5.76 Å². The van der Waals surface area contributed by atoms with E-state index in [4.69, 9.17) is 9.26 Å². The van der Waals surface area contributed by atoms with Gasteiger partial charge in [0.05, 0.1) is 11.8 Å². The lowest BCUT2D eigenvalue weighted by Crippen LogP contribution is -2.19. The smallest absolute Gasteiger partial charge is 0.162 e. The van der Waals surface area contributed by atoms with Gasteiger partial charge in [0.1, 0.15) is 6.61 Å². The van der Waals surface area contributed by atoms with Crippen molar-refractivity contribution in [2.45, 2.75) is 79.1 Å². The van der Waals surface area contributed by atoms with Gasteiger partial charge in [-0.2, -0.15) is 0 Å². The van der Waals surface area contributed by atoms with E-state index in [1.807, 2.05) is 6.07 Å². The van der Waals surface area contributed by atoms with Crippen LogP contribution in [0.5, 0.6) is 0 Å². The van der Waals surface area contributed by atoms with Crippen molar-refractivity contribution < 1.29 is 9.26 Å². The van der Waals surface area contributed by atoms with Gasteiger partial charge >= 0.3 is 0 Å². The molecular formula is C17H32N2O2. The van der Waals surface area contributed by atoms with Gasteiger partial charge < -0.3 is 14.6 Å². The van der Waals surface area contributed by atoms with Gasteiger partial charge in [0.25, 0.3) is 0 Å². The summed E-state index contributed by atoms with van der Waals surface area (Å²) in [6.07, 6.45) is 6.56. The summed E-state index contributed by atoms with van der Waals surface area (Å²) in [5.74, 6) is 1.46. The topological polar surface area (TPSA) is 47.3 Å². The van der Waals surface area contributed by atoms with Crippen LogP contribution >= 0.6 is 0 Å². The van der Waals surface area contributed by atoms with Crippen molar-refractivity contribution in [1.29, 1.82) is 0 Å². The van der Waals surface area contributed by atoms with Crippen LogP contribution in [0.1, 0.15) is 71.3 Å². The fourth-order valence-electron chi connectivity index (χ4n) is 2.16. The largest absolute Gasteiger partial charge is 0.370 e. The van der Waals surface area contributed by atoms with Crippen molar-refractivity contribution in [3.05, 3.63) is 17.5 Å². The van der Waals surface area contributed by atoms with Crippen LogP contribution in [0, 0.1) is 5.92 Å². The quantitative estimate of drug-likeness (QED) is 0.584. The Balaban J connectivity index is 2.15. The summed E-state index contributed by atoms with van der Waals surface area (Å²) in [5, 5.41) is 7.42. The minimum atomic E-state index is 0.287. The second-order valence-electron chi connectivity index (χ2n) is 6.28. The molecule has 0 fully saturated rings. The lowest BCUT2D eigenvalue weighted by atomic mass is 10.1. The van der Waals surface area contributed by atoms with Crippen LogP contribution in [0.15, 0.2) is 10.6 Å². The van der Waals surface area contributed by atoms with Crippen molar-refractivity contribution in [2.24, 2.45) is 5.92 Å². The van der Waals surface area contributed by atoms with Crippen molar-refractivity contribution in [1.82, 2.24) is 10.5 Å². The van der Waals surface area contributed by atoms with E-state index in [1.54, 1.807) is 0 Å². The van der Waals surface area contributed by atoms with Gasteiger partial charge in [-0.3, -0.25) is 0 Å². The third kappa shape index (κ3) is 8.89. The molecule has 0 saturated heterocycles. The Bertz CT molecular complexity index is 363. The summed E-state index contributed by atoms with van der Waals surface area (Å²) >= 11 is 0. The highest BCUT2D eigenvalue weighted by Gasteiger charge is 2.07. The molecule has 1 aromatic heterocycles. The van der Waals surface area contributed by atoms with Crippen molar-refractivity contribution >= 4 is 0 Å². The number of hydrogen-bond acceptors (Lipinski definition) is 4. The third-order valence-corrected chi connectivity index (χ3v) is 3.44. The maximum atomic E-state index is 5.81. The first-order chi connectivity index (χ1) is 10.1. The Morgan fingerprint density at radius 2 is 2.05 bits per heavy atom. The summed E-state index contributed by atoms with van der Waals surface area (Å²) < 4.78 is 11.1. The molecule has 1 heterocycles. The minimum absolute atomic E-state index is 0.287. The van der Waals surface area contributed by atoms with E-state index in [-0.39, 0.29) is 6.10 Å². The van der Waals surface area contributed by atoms with Gasteiger partial charge in [-0.15, -0.1) is 0 Å². The first-order valence-electron chi connectivity index (χ1n) is 8.38. The molecule has 0 aliphatic heterocycles. The number of nitrogens with one attached hydrogen (secondary N) is 1. The standard InChI is InChI=1S/C17H32N2O2/c1-5-6-7-8-9-15(4)20-13-17-10-16(19-21-17)12-18-11-14(2)3/h10,14-15,18H,5-9,11-13H2,1-4H3. The molecule has 0 aliphatic rings. The molecule has 0 aromatic carbocycles. The summed E-state index contributed by atoms with van der Waals surface area (Å²) in [6, 6.07) is 1.98. The van der Waals surface area contributed by atoms with Gasteiger partial charge in [0.2, 0.25) is 0 Å². The molecule has 0 spiro atoms. The Kier molecular flexibility index (Phi) is 9.35. The number of nitrogens with zero attached hydrogens (tertiary/aromatic N) is 1. The molecule has 1 atom stereocenters. The molecule has 1 N–H and O–H groups in total. The van der Waals surface area contributed by atoms with Crippen molar-refractivity contribution in [3.8, 4) is 0 Å². The fraction of sp³-hybridized carbons (Fsp3) is 0.824. The van der Waals surface area contributed by atoms with Gasteiger partial charge in [0, 0.05) is 12.6 Å². The summed E-state index contributed by atoms with van der Waals surface area (Å²) in [4.78, 5) is 0. The Morgan fingerprint density at radius 1 is 1.24 bits per heavy atom. The molecule has 0 radical (unpaired) electrons. The lowest BCUT2D eigenvalue weighted by molar-refractivity contribution is 0.0333. The van der Waals surface area contributed by atoms with Crippen molar-refractivity contribution in [2.75, 3.05) is 6.54 Å². The molecule has 21 heavy (non-hydrogen) atoms. The van der Waals surface area contributed by atoms with E-state index in [0.29, 0.717) is 12.5 Å². The van der Waals surface area contributed by atoms with E-state index in [1.165, 1.54) is 25.7 Å². The van der Waals surface area contributed by atoms with Crippen LogP contribution in [0.2, 0.25) is 0 Å². The number of unbranched alkanes of at least 4 members (excludes halogenated alkanes) is 3. The molecule has 1 rings (SSSR count). The zero-order valence-electron chi connectivity index (χ0n) is 14.2. The fourth-order valence-corrected chi connectivity index (χ4v) is 2.16.